The number of unbranched alkanes of at least 4 members (excludes halogenated alkanes) is 1. The Kier molecular flexibility index (Phi) is 7.36. The minimum absolute atomic E-state index is 0.0407. The van der Waals surface area contributed by atoms with Crippen molar-refractivity contribution in [2.45, 2.75) is 38.7 Å². The lowest BCUT2D eigenvalue weighted by atomic mass is 10.2. The summed E-state index contributed by atoms with van der Waals surface area (Å²) in [7, 11) is 0. The van der Waals surface area contributed by atoms with Crippen molar-refractivity contribution in [1.29, 1.82) is 0 Å². The van der Waals surface area contributed by atoms with E-state index in [0.717, 1.165) is 42.5 Å². The van der Waals surface area contributed by atoms with Crippen molar-refractivity contribution < 1.29 is 14.3 Å². The van der Waals surface area contributed by atoms with Gasteiger partial charge in [0.25, 0.3) is 5.91 Å². The van der Waals surface area contributed by atoms with Crippen LogP contribution in [0.4, 0.5) is 5.69 Å². The molecule has 0 radical (unpaired) electrons. The van der Waals surface area contributed by atoms with Crippen molar-refractivity contribution in [2.75, 3.05) is 31.3 Å². The summed E-state index contributed by atoms with van der Waals surface area (Å²) >= 11 is 3.43. The Morgan fingerprint density at radius 2 is 2.14 bits per heavy atom. The quantitative estimate of drug-likeness (QED) is 0.654. The SMILES string of the molecule is CCCCOCCN(C(=O)[C@H]1CCCO1)c1ccc(Br)cc1. The zero-order valence-corrected chi connectivity index (χ0v) is 14.7. The number of halogens is 1. The maximum Gasteiger partial charge on any atom is 0.256 e. The molecule has 0 spiro atoms. The van der Waals surface area contributed by atoms with E-state index in [4.69, 9.17) is 9.47 Å². The van der Waals surface area contributed by atoms with Crippen LogP contribution in [0.2, 0.25) is 0 Å². The van der Waals surface area contributed by atoms with E-state index in [-0.39, 0.29) is 12.0 Å². The minimum Gasteiger partial charge on any atom is -0.380 e. The lowest BCUT2D eigenvalue weighted by Crippen LogP contribution is -2.41. The normalized spacial score (nSPS) is 17.6. The Labute approximate surface area is 140 Å². The van der Waals surface area contributed by atoms with E-state index in [1.807, 2.05) is 24.3 Å². The summed E-state index contributed by atoms with van der Waals surface area (Å²) in [6, 6.07) is 7.79. The third-order valence-electron chi connectivity index (χ3n) is 3.71. The maximum absolute atomic E-state index is 12.7. The minimum atomic E-state index is -0.306. The summed E-state index contributed by atoms with van der Waals surface area (Å²) < 4.78 is 12.2. The first-order valence-corrected chi connectivity index (χ1v) is 8.78. The molecule has 1 fully saturated rings. The van der Waals surface area contributed by atoms with Crippen LogP contribution >= 0.6 is 15.9 Å². The van der Waals surface area contributed by atoms with Crippen LogP contribution in [0.15, 0.2) is 28.7 Å². The lowest BCUT2D eigenvalue weighted by Gasteiger charge is -2.25. The molecule has 1 aliphatic heterocycles. The molecule has 22 heavy (non-hydrogen) atoms. The second-order valence-corrected chi connectivity index (χ2v) is 6.35. The number of hydrogen-bond acceptors (Lipinski definition) is 3. The van der Waals surface area contributed by atoms with Crippen LogP contribution in [0, 0.1) is 0 Å². The Balaban J connectivity index is 1.99. The Morgan fingerprint density at radius 1 is 1.36 bits per heavy atom. The molecule has 0 unspecified atom stereocenters. The number of hydrogen-bond donors (Lipinski definition) is 0. The zero-order chi connectivity index (χ0) is 15.8. The van der Waals surface area contributed by atoms with Crippen LogP contribution in [-0.2, 0) is 14.3 Å². The van der Waals surface area contributed by atoms with E-state index in [2.05, 4.69) is 22.9 Å². The fourth-order valence-electron chi connectivity index (χ4n) is 2.44. The van der Waals surface area contributed by atoms with Crippen LogP contribution in [0.25, 0.3) is 0 Å². The summed E-state index contributed by atoms with van der Waals surface area (Å²) in [6.45, 7) is 4.67. The van der Waals surface area contributed by atoms with Crippen LogP contribution in [0.3, 0.4) is 0 Å². The van der Waals surface area contributed by atoms with Gasteiger partial charge in [0.2, 0.25) is 0 Å². The molecule has 2 rings (SSSR count). The molecular weight excluding hydrogens is 346 g/mol. The number of carbonyl (C=O) groups excluding carboxylic acids is 1. The van der Waals surface area contributed by atoms with Gasteiger partial charge in [-0.25, -0.2) is 0 Å². The molecule has 1 aliphatic rings. The summed E-state index contributed by atoms with van der Waals surface area (Å²) in [5.74, 6) is 0.0407. The predicted octanol–water partition coefficient (Wildman–Crippen LogP) is 3.78. The third kappa shape index (κ3) is 5.07. The highest BCUT2D eigenvalue weighted by Gasteiger charge is 2.28. The second kappa shape index (κ2) is 9.28. The van der Waals surface area contributed by atoms with Crippen LogP contribution in [0.5, 0.6) is 0 Å². The first-order valence-electron chi connectivity index (χ1n) is 7.98. The number of rotatable bonds is 8. The molecule has 1 saturated heterocycles. The second-order valence-electron chi connectivity index (χ2n) is 5.43. The van der Waals surface area contributed by atoms with Crippen LogP contribution in [-0.4, -0.2) is 38.4 Å². The van der Waals surface area contributed by atoms with Crippen molar-refractivity contribution in [3.8, 4) is 0 Å². The van der Waals surface area contributed by atoms with Crippen molar-refractivity contribution in [3.05, 3.63) is 28.7 Å². The first kappa shape index (κ1) is 17.4. The van der Waals surface area contributed by atoms with Gasteiger partial charge in [0.15, 0.2) is 0 Å². The van der Waals surface area contributed by atoms with Gasteiger partial charge in [-0.3, -0.25) is 4.79 Å². The molecular formula is C17H24BrNO3. The van der Waals surface area contributed by atoms with Gasteiger partial charge in [-0.05, 0) is 43.5 Å². The number of ether oxygens (including phenoxy) is 2. The largest absolute Gasteiger partial charge is 0.380 e. The van der Waals surface area contributed by atoms with Crippen molar-refractivity contribution >= 4 is 27.5 Å². The molecule has 122 valence electrons. The Morgan fingerprint density at radius 3 is 2.77 bits per heavy atom. The molecule has 5 heteroatoms. The van der Waals surface area contributed by atoms with Gasteiger partial charge in [-0.2, -0.15) is 0 Å². The summed E-state index contributed by atoms with van der Waals surface area (Å²) in [4.78, 5) is 14.5. The van der Waals surface area contributed by atoms with Gasteiger partial charge in [0.05, 0.1) is 6.61 Å². The van der Waals surface area contributed by atoms with E-state index in [1.54, 1.807) is 4.90 Å². The van der Waals surface area contributed by atoms with Gasteiger partial charge >= 0.3 is 0 Å². The molecule has 1 amide bonds. The molecule has 1 aromatic rings. The first-order chi connectivity index (χ1) is 10.7. The van der Waals surface area contributed by atoms with E-state index in [0.29, 0.717) is 19.8 Å². The van der Waals surface area contributed by atoms with Gasteiger partial charge in [-0.1, -0.05) is 29.3 Å². The van der Waals surface area contributed by atoms with Gasteiger partial charge in [-0.15, -0.1) is 0 Å². The number of amides is 1. The molecule has 4 nitrogen and oxygen atoms in total. The highest BCUT2D eigenvalue weighted by Crippen LogP contribution is 2.22. The topological polar surface area (TPSA) is 38.8 Å². The molecule has 0 aliphatic carbocycles. The number of anilines is 1. The monoisotopic (exact) mass is 369 g/mol. The molecule has 0 N–H and O–H groups in total. The molecule has 0 aromatic heterocycles. The zero-order valence-electron chi connectivity index (χ0n) is 13.1. The molecule has 0 saturated carbocycles. The Hall–Kier alpha value is -0.910. The standard InChI is InChI=1S/C17H24BrNO3/c1-2-3-11-21-13-10-19(15-8-6-14(18)7-9-15)17(20)16-5-4-12-22-16/h6-9,16H,2-5,10-13H2,1H3/t16-/m1/s1. The predicted molar refractivity (Wildman–Crippen MR) is 91.2 cm³/mol. The lowest BCUT2D eigenvalue weighted by molar-refractivity contribution is -0.127. The Bertz CT molecular complexity index is 457. The summed E-state index contributed by atoms with van der Waals surface area (Å²) in [5, 5.41) is 0. The summed E-state index contributed by atoms with van der Waals surface area (Å²) in [5.41, 5.74) is 0.891. The molecule has 1 aromatic carbocycles. The fourth-order valence-corrected chi connectivity index (χ4v) is 2.70. The highest BCUT2D eigenvalue weighted by molar-refractivity contribution is 9.10. The third-order valence-corrected chi connectivity index (χ3v) is 4.24. The smallest absolute Gasteiger partial charge is 0.256 e. The van der Waals surface area contributed by atoms with Gasteiger partial charge < -0.3 is 14.4 Å². The van der Waals surface area contributed by atoms with E-state index in [9.17, 15) is 4.79 Å². The van der Waals surface area contributed by atoms with Gasteiger partial charge in [0.1, 0.15) is 6.10 Å². The van der Waals surface area contributed by atoms with Crippen LogP contribution in [0.1, 0.15) is 32.6 Å². The average molecular weight is 370 g/mol. The molecule has 1 heterocycles. The highest BCUT2D eigenvalue weighted by atomic mass is 79.9. The molecule has 0 bridgehead atoms. The van der Waals surface area contributed by atoms with Gasteiger partial charge in [0, 0.05) is 29.9 Å². The maximum atomic E-state index is 12.7. The van der Waals surface area contributed by atoms with Crippen molar-refractivity contribution in [2.24, 2.45) is 0 Å². The average Bonchev–Trinajstić information content (AvgIpc) is 3.06. The van der Waals surface area contributed by atoms with E-state index in [1.165, 1.54) is 0 Å². The van der Waals surface area contributed by atoms with Crippen molar-refractivity contribution in [3.63, 3.8) is 0 Å². The summed E-state index contributed by atoms with van der Waals surface area (Å²) in [6.07, 6.45) is 3.63. The van der Waals surface area contributed by atoms with E-state index < -0.39 is 0 Å². The molecule has 1 atom stereocenters. The van der Waals surface area contributed by atoms with Crippen molar-refractivity contribution in [1.82, 2.24) is 0 Å². The fraction of sp³-hybridized carbons (Fsp3) is 0.588. The van der Waals surface area contributed by atoms with Crippen LogP contribution < -0.4 is 4.90 Å². The number of carbonyl (C=O) groups is 1. The number of nitrogens with zero attached hydrogens (tertiary/aromatic N) is 1. The number of benzene rings is 1. The van der Waals surface area contributed by atoms with E-state index >= 15 is 0 Å².